The van der Waals surface area contributed by atoms with Gasteiger partial charge in [-0.25, -0.2) is 4.79 Å². The third kappa shape index (κ3) is 8.51. The molecule has 0 aliphatic heterocycles. The van der Waals surface area contributed by atoms with Crippen molar-refractivity contribution in [1.29, 1.82) is 0 Å². The fourth-order valence-corrected chi connectivity index (χ4v) is 2.74. The molecule has 2 N–H and O–H groups in total. The number of non-ortho nitro benzene ring substituents is 1. The summed E-state index contributed by atoms with van der Waals surface area (Å²) in [6.07, 6.45) is 1.10. The number of carbonyl (C=O) groups excluding carboxylic acids is 3. The maximum Gasteiger partial charge on any atom is 0.329 e. The molecule has 1 rings (SSSR count). The summed E-state index contributed by atoms with van der Waals surface area (Å²) in [5.74, 6) is -1.25. The number of benzene rings is 1. The van der Waals surface area contributed by atoms with Crippen LogP contribution in [0.4, 0.5) is 5.69 Å². The molecular weight excluding hydrogens is 398 g/mol. The summed E-state index contributed by atoms with van der Waals surface area (Å²) < 4.78 is 5.23. The zero-order valence-electron chi connectivity index (χ0n) is 17.2. The number of nitrogens with one attached hydrogen (secondary N) is 2. The Morgan fingerprint density at radius 2 is 1.93 bits per heavy atom. The van der Waals surface area contributed by atoms with Crippen molar-refractivity contribution in [3.8, 4) is 0 Å². The van der Waals surface area contributed by atoms with Gasteiger partial charge in [-0.15, -0.1) is 0 Å². The first-order chi connectivity index (χ1) is 13.4. The molecule has 0 saturated carbocycles. The highest BCUT2D eigenvalue weighted by Gasteiger charge is 2.28. The molecule has 29 heavy (non-hydrogen) atoms. The lowest BCUT2D eigenvalue weighted by molar-refractivity contribution is -0.384. The summed E-state index contributed by atoms with van der Waals surface area (Å²) in [7, 11) is 0. The molecule has 160 valence electrons. The lowest BCUT2D eigenvalue weighted by Gasteiger charge is -2.24. The summed E-state index contributed by atoms with van der Waals surface area (Å²) in [6, 6.07) is 4.22. The van der Waals surface area contributed by atoms with E-state index in [9.17, 15) is 24.5 Å². The number of hydrogen-bond donors (Lipinski definition) is 2. The molecule has 0 aliphatic carbocycles. The van der Waals surface area contributed by atoms with Crippen molar-refractivity contribution < 1.29 is 24.0 Å². The Morgan fingerprint density at radius 3 is 2.48 bits per heavy atom. The van der Waals surface area contributed by atoms with E-state index in [1.54, 1.807) is 20.8 Å². The first kappa shape index (κ1) is 24.4. The van der Waals surface area contributed by atoms with Gasteiger partial charge < -0.3 is 15.4 Å². The number of esters is 1. The Morgan fingerprint density at radius 1 is 1.28 bits per heavy atom. The quantitative estimate of drug-likeness (QED) is 0.353. The van der Waals surface area contributed by atoms with Gasteiger partial charge in [-0.05, 0) is 52.2 Å². The SMILES string of the molecule is CSCCC(NC(=O)c1cccc([N+](=O)[O-])c1)C(=O)OC(C)C(=O)NC(C)(C)C. The first-order valence-corrected chi connectivity index (χ1v) is 10.4. The Balaban J connectivity index is 2.86. The minimum Gasteiger partial charge on any atom is -0.451 e. The lowest BCUT2D eigenvalue weighted by atomic mass is 10.1. The smallest absolute Gasteiger partial charge is 0.329 e. The normalized spacial score (nSPS) is 13.1. The third-order valence-electron chi connectivity index (χ3n) is 3.68. The maximum absolute atomic E-state index is 12.5. The molecule has 0 heterocycles. The van der Waals surface area contributed by atoms with Crippen LogP contribution in [0.3, 0.4) is 0 Å². The lowest BCUT2D eigenvalue weighted by Crippen LogP contribution is -2.48. The average Bonchev–Trinajstić information content (AvgIpc) is 2.63. The van der Waals surface area contributed by atoms with Crippen LogP contribution in [0.1, 0.15) is 44.5 Å². The van der Waals surface area contributed by atoms with E-state index in [2.05, 4.69) is 10.6 Å². The van der Waals surface area contributed by atoms with Crippen LogP contribution in [0.5, 0.6) is 0 Å². The highest BCUT2D eigenvalue weighted by atomic mass is 32.2. The Kier molecular flexibility index (Phi) is 9.09. The van der Waals surface area contributed by atoms with Gasteiger partial charge in [0.2, 0.25) is 0 Å². The second kappa shape index (κ2) is 10.8. The van der Waals surface area contributed by atoms with Crippen molar-refractivity contribution in [2.24, 2.45) is 0 Å². The van der Waals surface area contributed by atoms with Crippen LogP contribution in [-0.4, -0.2) is 52.4 Å². The molecule has 1 aromatic rings. The second-order valence-electron chi connectivity index (χ2n) is 7.43. The second-order valence-corrected chi connectivity index (χ2v) is 8.42. The van der Waals surface area contributed by atoms with Crippen LogP contribution in [0.25, 0.3) is 0 Å². The van der Waals surface area contributed by atoms with Crippen LogP contribution in [-0.2, 0) is 14.3 Å². The third-order valence-corrected chi connectivity index (χ3v) is 4.32. The number of thioether (sulfide) groups is 1. The van der Waals surface area contributed by atoms with Crippen molar-refractivity contribution in [2.75, 3.05) is 12.0 Å². The van der Waals surface area contributed by atoms with Crippen LogP contribution in [0.2, 0.25) is 0 Å². The van der Waals surface area contributed by atoms with E-state index in [0.29, 0.717) is 5.75 Å². The molecule has 9 nitrogen and oxygen atoms in total. The summed E-state index contributed by atoms with van der Waals surface area (Å²) in [6.45, 7) is 6.87. The Hall–Kier alpha value is -2.62. The topological polar surface area (TPSA) is 128 Å². The van der Waals surface area contributed by atoms with Gasteiger partial charge in [-0.1, -0.05) is 6.07 Å². The minimum atomic E-state index is -1.03. The molecule has 2 atom stereocenters. The number of rotatable bonds is 9. The van der Waals surface area contributed by atoms with Crippen molar-refractivity contribution in [1.82, 2.24) is 10.6 Å². The molecule has 2 amide bonds. The number of ether oxygens (including phenoxy) is 1. The van der Waals surface area contributed by atoms with Gasteiger partial charge in [0.15, 0.2) is 6.10 Å². The number of hydrogen-bond acceptors (Lipinski definition) is 7. The van der Waals surface area contributed by atoms with E-state index in [1.165, 1.54) is 36.9 Å². The summed E-state index contributed by atoms with van der Waals surface area (Å²) in [5.41, 5.74) is -0.653. The van der Waals surface area contributed by atoms with Crippen molar-refractivity contribution >= 4 is 35.2 Å². The summed E-state index contributed by atoms with van der Waals surface area (Å²) >= 11 is 1.48. The molecule has 0 aromatic heterocycles. The van der Waals surface area contributed by atoms with Crippen molar-refractivity contribution in [2.45, 2.75) is 51.8 Å². The predicted molar refractivity (Wildman–Crippen MR) is 111 cm³/mol. The standard InChI is InChI=1S/C19H27N3O6S/c1-12(16(23)21-19(2,3)4)28-18(25)15(9-10-29-5)20-17(24)13-7-6-8-14(11-13)22(26)27/h6-8,11-12,15H,9-10H2,1-5H3,(H,20,24)(H,21,23). The predicted octanol–water partition coefficient (Wildman–Crippen LogP) is 2.29. The van der Waals surface area contributed by atoms with E-state index in [0.717, 1.165) is 6.07 Å². The van der Waals surface area contributed by atoms with E-state index >= 15 is 0 Å². The van der Waals surface area contributed by atoms with Gasteiger partial charge in [0.1, 0.15) is 6.04 Å². The highest BCUT2D eigenvalue weighted by molar-refractivity contribution is 7.98. The molecule has 10 heteroatoms. The maximum atomic E-state index is 12.5. The van der Waals surface area contributed by atoms with Crippen molar-refractivity contribution in [3.63, 3.8) is 0 Å². The zero-order valence-corrected chi connectivity index (χ0v) is 18.0. The van der Waals surface area contributed by atoms with Gasteiger partial charge in [0, 0.05) is 23.2 Å². The minimum absolute atomic E-state index is 0.0553. The molecule has 0 fully saturated rings. The molecule has 2 unspecified atom stereocenters. The highest BCUT2D eigenvalue weighted by Crippen LogP contribution is 2.14. The fraction of sp³-hybridized carbons (Fsp3) is 0.526. The van der Waals surface area contributed by atoms with E-state index < -0.39 is 40.4 Å². The van der Waals surface area contributed by atoms with Crippen molar-refractivity contribution in [3.05, 3.63) is 39.9 Å². The fourth-order valence-electron chi connectivity index (χ4n) is 2.27. The zero-order chi connectivity index (χ0) is 22.2. The molecule has 0 bridgehead atoms. The first-order valence-electron chi connectivity index (χ1n) is 9.01. The van der Waals surface area contributed by atoms with Gasteiger partial charge in [0.25, 0.3) is 17.5 Å². The summed E-state index contributed by atoms with van der Waals surface area (Å²) in [4.78, 5) is 47.4. The summed E-state index contributed by atoms with van der Waals surface area (Å²) in [5, 5.41) is 16.2. The monoisotopic (exact) mass is 425 g/mol. The Bertz CT molecular complexity index is 763. The molecule has 0 spiro atoms. The van der Waals surface area contributed by atoms with Crippen LogP contribution < -0.4 is 10.6 Å². The van der Waals surface area contributed by atoms with Crippen LogP contribution >= 0.6 is 11.8 Å². The largest absolute Gasteiger partial charge is 0.451 e. The molecule has 0 aliphatic rings. The molecule has 0 radical (unpaired) electrons. The van der Waals surface area contributed by atoms with E-state index in [1.807, 2.05) is 6.26 Å². The van der Waals surface area contributed by atoms with E-state index in [4.69, 9.17) is 4.74 Å². The molecule has 0 saturated heterocycles. The Labute approximate surface area is 174 Å². The number of nitrogens with zero attached hydrogens (tertiary/aromatic N) is 1. The number of nitro groups is 1. The van der Waals surface area contributed by atoms with Gasteiger partial charge >= 0.3 is 5.97 Å². The van der Waals surface area contributed by atoms with Gasteiger partial charge in [-0.3, -0.25) is 19.7 Å². The number of carbonyl (C=O) groups is 3. The van der Waals surface area contributed by atoms with E-state index in [-0.39, 0.29) is 17.7 Å². The number of nitro benzene ring substituents is 1. The van der Waals surface area contributed by atoms with Crippen LogP contribution in [0, 0.1) is 10.1 Å². The van der Waals surface area contributed by atoms with Gasteiger partial charge in [-0.2, -0.15) is 11.8 Å². The molecule has 1 aromatic carbocycles. The number of amides is 2. The average molecular weight is 426 g/mol. The van der Waals surface area contributed by atoms with Crippen LogP contribution in [0.15, 0.2) is 24.3 Å². The molecular formula is C19H27N3O6S. The van der Waals surface area contributed by atoms with Gasteiger partial charge in [0.05, 0.1) is 4.92 Å².